The summed E-state index contributed by atoms with van der Waals surface area (Å²) < 4.78 is 10.2. The quantitative estimate of drug-likeness (QED) is 0.591. The largest absolute Gasteiger partial charge is 0.491 e. The van der Waals surface area contributed by atoms with E-state index in [1.165, 1.54) is 0 Å². The van der Waals surface area contributed by atoms with Crippen LogP contribution >= 0.6 is 0 Å². The first kappa shape index (κ1) is 14.8. The van der Waals surface area contributed by atoms with Gasteiger partial charge in [0, 0.05) is 6.54 Å². The molecule has 0 fully saturated rings. The minimum Gasteiger partial charge on any atom is -0.491 e. The smallest absolute Gasteiger partial charge is 0.342 e. The molecule has 3 N–H and O–H groups in total. The molecule has 0 atom stereocenters. The average Bonchev–Trinajstić information content (AvgIpc) is 2.39. The van der Waals surface area contributed by atoms with Crippen LogP contribution in [0.3, 0.4) is 0 Å². The number of nitrogens with one attached hydrogen (secondary N) is 1. The summed E-state index contributed by atoms with van der Waals surface area (Å²) in [6.45, 7) is 4.11. The zero-order valence-corrected chi connectivity index (χ0v) is 11.1. The predicted molar refractivity (Wildman–Crippen MR) is 71.0 cm³/mol. The van der Waals surface area contributed by atoms with Crippen molar-refractivity contribution in [3.8, 4) is 5.75 Å². The standard InChI is InChI=1S/C13H18N2O4/c1-3-15-11(16)8-19-13(17)9-6-5-7-10(14)12(9)18-4-2/h5-7H,3-4,8,14H2,1-2H3,(H,15,16). The van der Waals surface area contributed by atoms with Gasteiger partial charge in [0.25, 0.3) is 5.91 Å². The van der Waals surface area contributed by atoms with E-state index >= 15 is 0 Å². The fourth-order valence-electron chi connectivity index (χ4n) is 1.48. The number of amides is 1. The number of hydrogen-bond acceptors (Lipinski definition) is 5. The number of ether oxygens (including phenoxy) is 2. The van der Waals surface area contributed by atoms with Crippen LogP contribution in [-0.4, -0.2) is 31.6 Å². The van der Waals surface area contributed by atoms with Gasteiger partial charge in [-0.2, -0.15) is 0 Å². The summed E-state index contributed by atoms with van der Waals surface area (Å²) in [5, 5.41) is 2.53. The van der Waals surface area contributed by atoms with Crippen molar-refractivity contribution in [1.82, 2.24) is 5.32 Å². The summed E-state index contributed by atoms with van der Waals surface area (Å²) in [6.07, 6.45) is 0. The minimum absolute atomic E-state index is 0.214. The molecule has 0 radical (unpaired) electrons. The first-order valence-corrected chi connectivity index (χ1v) is 6.05. The molecular weight excluding hydrogens is 248 g/mol. The van der Waals surface area contributed by atoms with E-state index in [1.54, 1.807) is 32.0 Å². The molecule has 6 nitrogen and oxygen atoms in total. The third kappa shape index (κ3) is 4.17. The Kier molecular flexibility index (Phi) is 5.66. The van der Waals surface area contributed by atoms with Crippen molar-refractivity contribution >= 4 is 17.6 Å². The van der Waals surface area contributed by atoms with Gasteiger partial charge in [0.2, 0.25) is 0 Å². The highest BCUT2D eigenvalue weighted by molar-refractivity contribution is 5.95. The summed E-state index contributed by atoms with van der Waals surface area (Å²) >= 11 is 0. The van der Waals surface area contributed by atoms with Crippen molar-refractivity contribution in [2.45, 2.75) is 13.8 Å². The second kappa shape index (κ2) is 7.25. The number of carbonyl (C=O) groups excluding carboxylic acids is 2. The summed E-state index contributed by atoms with van der Waals surface area (Å²) in [6, 6.07) is 4.80. The maximum absolute atomic E-state index is 11.9. The maximum atomic E-state index is 11.9. The van der Waals surface area contributed by atoms with E-state index in [-0.39, 0.29) is 23.8 Å². The van der Waals surface area contributed by atoms with Crippen molar-refractivity contribution in [1.29, 1.82) is 0 Å². The van der Waals surface area contributed by atoms with Gasteiger partial charge in [0.05, 0.1) is 12.3 Å². The monoisotopic (exact) mass is 266 g/mol. The lowest BCUT2D eigenvalue weighted by atomic mass is 10.2. The topological polar surface area (TPSA) is 90.7 Å². The zero-order valence-electron chi connectivity index (χ0n) is 11.1. The molecule has 0 unspecified atom stereocenters. The van der Waals surface area contributed by atoms with E-state index in [9.17, 15) is 9.59 Å². The molecule has 0 saturated carbocycles. The molecule has 6 heteroatoms. The molecule has 19 heavy (non-hydrogen) atoms. The van der Waals surface area contributed by atoms with Crippen molar-refractivity contribution in [3.63, 3.8) is 0 Å². The van der Waals surface area contributed by atoms with Crippen molar-refractivity contribution < 1.29 is 19.1 Å². The summed E-state index contributed by atoms with van der Waals surface area (Å²) in [5.74, 6) is -0.703. The first-order valence-electron chi connectivity index (χ1n) is 6.05. The van der Waals surface area contributed by atoms with Gasteiger partial charge in [-0.3, -0.25) is 4.79 Å². The zero-order chi connectivity index (χ0) is 14.3. The lowest BCUT2D eigenvalue weighted by molar-refractivity contribution is -0.124. The molecule has 1 aromatic carbocycles. The van der Waals surface area contributed by atoms with E-state index < -0.39 is 5.97 Å². The molecule has 1 amide bonds. The molecule has 0 spiro atoms. The van der Waals surface area contributed by atoms with Gasteiger partial charge in [-0.15, -0.1) is 0 Å². The molecule has 0 aliphatic rings. The number of rotatable bonds is 6. The Hall–Kier alpha value is -2.24. The van der Waals surface area contributed by atoms with Crippen LogP contribution in [0.5, 0.6) is 5.75 Å². The van der Waals surface area contributed by atoms with Gasteiger partial charge >= 0.3 is 5.97 Å². The molecule has 1 rings (SSSR count). The van der Waals surface area contributed by atoms with E-state index in [0.29, 0.717) is 18.8 Å². The van der Waals surface area contributed by atoms with E-state index in [4.69, 9.17) is 15.2 Å². The Morgan fingerprint density at radius 3 is 2.68 bits per heavy atom. The number of para-hydroxylation sites is 1. The molecule has 0 saturated heterocycles. The van der Waals surface area contributed by atoms with Gasteiger partial charge in [0.15, 0.2) is 12.4 Å². The first-order chi connectivity index (χ1) is 9.10. The van der Waals surface area contributed by atoms with Crippen LogP contribution in [0, 0.1) is 0 Å². The molecule has 0 aromatic heterocycles. The lowest BCUT2D eigenvalue weighted by Crippen LogP contribution is -2.28. The number of anilines is 1. The van der Waals surface area contributed by atoms with Crippen LogP contribution < -0.4 is 15.8 Å². The fourth-order valence-corrected chi connectivity index (χ4v) is 1.48. The number of nitrogen functional groups attached to an aromatic ring is 1. The van der Waals surface area contributed by atoms with Crippen LogP contribution in [0.25, 0.3) is 0 Å². The van der Waals surface area contributed by atoms with E-state index in [2.05, 4.69) is 5.32 Å². The third-order valence-electron chi connectivity index (χ3n) is 2.26. The SMILES string of the molecule is CCNC(=O)COC(=O)c1cccc(N)c1OCC. The van der Waals surface area contributed by atoms with Gasteiger partial charge in [-0.05, 0) is 26.0 Å². The highest BCUT2D eigenvalue weighted by atomic mass is 16.5. The predicted octanol–water partition coefficient (Wildman–Crippen LogP) is 0.960. The molecule has 104 valence electrons. The van der Waals surface area contributed by atoms with Gasteiger partial charge in [0.1, 0.15) is 5.56 Å². The average molecular weight is 266 g/mol. The Balaban J connectivity index is 2.76. The summed E-state index contributed by atoms with van der Waals surface area (Å²) in [5.41, 5.74) is 6.31. The van der Waals surface area contributed by atoms with Crippen LogP contribution in [0.4, 0.5) is 5.69 Å². The maximum Gasteiger partial charge on any atom is 0.342 e. The van der Waals surface area contributed by atoms with E-state index in [1.807, 2.05) is 0 Å². The Morgan fingerprint density at radius 1 is 1.32 bits per heavy atom. The number of hydrogen-bond donors (Lipinski definition) is 2. The lowest BCUT2D eigenvalue weighted by Gasteiger charge is -2.12. The second-order valence-electron chi connectivity index (χ2n) is 3.69. The molecule has 1 aromatic rings. The summed E-state index contributed by atoms with van der Waals surface area (Å²) in [7, 11) is 0. The van der Waals surface area contributed by atoms with Gasteiger partial charge in [-0.1, -0.05) is 6.07 Å². The van der Waals surface area contributed by atoms with Crippen molar-refractivity contribution in [2.75, 3.05) is 25.5 Å². The minimum atomic E-state index is -0.637. The van der Waals surface area contributed by atoms with Crippen LogP contribution in [0.1, 0.15) is 24.2 Å². The van der Waals surface area contributed by atoms with E-state index in [0.717, 1.165) is 0 Å². The molecular formula is C13H18N2O4. The van der Waals surface area contributed by atoms with Crippen molar-refractivity contribution in [3.05, 3.63) is 23.8 Å². The second-order valence-corrected chi connectivity index (χ2v) is 3.69. The van der Waals surface area contributed by atoms with Crippen molar-refractivity contribution in [2.24, 2.45) is 0 Å². The van der Waals surface area contributed by atoms with Gasteiger partial charge < -0.3 is 20.5 Å². The number of nitrogens with two attached hydrogens (primary N) is 1. The third-order valence-corrected chi connectivity index (χ3v) is 2.26. The number of likely N-dealkylation sites (N-methyl/N-ethyl adjacent to an activating group) is 1. The van der Waals surface area contributed by atoms with Gasteiger partial charge in [-0.25, -0.2) is 4.79 Å². The number of esters is 1. The Bertz CT molecular complexity index is 460. The highest BCUT2D eigenvalue weighted by Crippen LogP contribution is 2.26. The molecule has 0 heterocycles. The molecule has 0 aliphatic heterocycles. The van der Waals surface area contributed by atoms with Crippen LogP contribution in [-0.2, 0) is 9.53 Å². The fraction of sp³-hybridized carbons (Fsp3) is 0.385. The number of benzene rings is 1. The molecule has 0 aliphatic carbocycles. The highest BCUT2D eigenvalue weighted by Gasteiger charge is 2.17. The normalized spacial score (nSPS) is 9.79. The molecule has 0 bridgehead atoms. The van der Waals surface area contributed by atoms with Crippen LogP contribution in [0.2, 0.25) is 0 Å². The Morgan fingerprint density at radius 2 is 2.05 bits per heavy atom. The van der Waals surface area contributed by atoms with Crippen LogP contribution in [0.15, 0.2) is 18.2 Å². The summed E-state index contributed by atoms with van der Waals surface area (Å²) in [4.78, 5) is 23.1. The Labute approximate surface area is 111 Å². The number of carbonyl (C=O) groups is 2.